The Morgan fingerprint density at radius 1 is 1.23 bits per heavy atom. The number of rotatable bonds is 8. The second-order valence-electron chi connectivity index (χ2n) is 4.61. The van der Waals surface area contributed by atoms with Crippen LogP contribution in [-0.4, -0.2) is 37.5 Å². The molecule has 0 radical (unpaired) electrons. The van der Waals surface area contributed by atoms with Crippen molar-refractivity contribution in [1.82, 2.24) is 10.6 Å². The molecule has 0 saturated carbocycles. The molecule has 5 nitrogen and oxygen atoms in total. The van der Waals surface area contributed by atoms with Gasteiger partial charge in [-0.25, -0.2) is 0 Å². The molecule has 0 bridgehead atoms. The Morgan fingerprint density at radius 3 is 2.45 bits per heavy atom. The van der Waals surface area contributed by atoms with Crippen LogP contribution < -0.4 is 16.4 Å². The van der Waals surface area contributed by atoms with E-state index in [0.717, 1.165) is 24.5 Å². The number of carbonyl (C=O) groups is 1. The second-order valence-corrected chi connectivity index (χ2v) is 5.60. The minimum Gasteiger partial charge on any atom is -0.366 e. The first-order chi connectivity index (χ1) is 10.2. The molecule has 0 aliphatic heterocycles. The van der Waals surface area contributed by atoms with Gasteiger partial charge in [0.25, 0.3) is 0 Å². The van der Waals surface area contributed by atoms with Gasteiger partial charge in [0.1, 0.15) is 0 Å². The highest BCUT2D eigenvalue weighted by Crippen LogP contribution is 2.03. The highest BCUT2D eigenvalue weighted by Gasteiger charge is 2.01. The van der Waals surface area contributed by atoms with Gasteiger partial charge >= 0.3 is 0 Å². The largest absolute Gasteiger partial charge is 0.366 e. The van der Waals surface area contributed by atoms with Gasteiger partial charge in [0.15, 0.2) is 5.96 Å². The van der Waals surface area contributed by atoms with Crippen molar-refractivity contribution >= 4 is 47.6 Å². The summed E-state index contributed by atoms with van der Waals surface area (Å²) in [6, 6.07) is 7.24. The van der Waals surface area contributed by atoms with Crippen molar-refractivity contribution in [3.8, 4) is 0 Å². The van der Waals surface area contributed by atoms with Crippen molar-refractivity contribution < 1.29 is 4.79 Å². The average molecular weight is 436 g/mol. The number of hydrogen-bond donors (Lipinski definition) is 3. The van der Waals surface area contributed by atoms with Gasteiger partial charge in [0.05, 0.1) is 0 Å². The fraction of sp³-hybridized carbons (Fsp3) is 0.467. The molecule has 0 saturated heterocycles. The van der Waals surface area contributed by atoms with Gasteiger partial charge < -0.3 is 16.4 Å². The minimum absolute atomic E-state index is 0. The van der Waals surface area contributed by atoms with Gasteiger partial charge in [-0.05, 0) is 42.5 Å². The highest BCUT2D eigenvalue weighted by atomic mass is 127. The van der Waals surface area contributed by atoms with E-state index >= 15 is 0 Å². The van der Waals surface area contributed by atoms with Gasteiger partial charge in [-0.3, -0.25) is 9.79 Å². The van der Waals surface area contributed by atoms with E-state index in [9.17, 15) is 4.79 Å². The van der Waals surface area contributed by atoms with E-state index < -0.39 is 5.91 Å². The molecule has 1 rings (SSSR count). The molecule has 0 heterocycles. The molecule has 1 aromatic carbocycles. The molecule has 0 aliphatic carbocycles. The summed E-state index contributed by atoms with van der Waals surface area (Å²) >= 11 is 1.87. The summed E-state index contributed by atoms with van der Waals surface area (Å²) in [5.74, 6) is 1.58. The molecule has 7 heteroatoms. The molecular weight excluding hydrogens is 411 g/mol. The number of unbranched alkanes of at least 4 members (excludes halogenated alkanes) is 1. The molecule has 0 fully saturated rings. The van der Waals surface area contributed by atoms with E-state index in [1.807, 2.05) is 23.9 Å². The maximum atomic E-state index is 11.0. The molecule has 1 amide bonds. The molecule has 1 aromatic rings. The Labute approximate surface area is 153 Å². The van der Waals surface area contributed by atoms with Crippen LogP contribution in [0.2, 0.25) is 0 Å². The third-order valence-corrected chi connectivity index (χ3v) is 3.69. The van der Waals surface area contributed by atoms with E-state index in [1.54, 1.807) is 19.2 Å². The summed E-state index contributed by atoms with van der Waals surface area (Å²) in [6.45, 7) is 1.57. The van der Waals surface area contributed by atoms with Crippen LogP contribution in [0.1, 0.15) is 28.8 Å². The number of carbonyl (C=O) groups excluding carboxylic acids is 1. The lowest BCUT2D eigenvalue weighted by Gasteiger charge is -2.12. The number of guanidine groups is 1. The quantitative estimate of drug-likeness (QED) is 0.253. The maximum Gasteiger partial charge on any atom is 0.248 e. The number of thioether (sulfide) groups is 1. The van der Waals surface area contributed by atoms with Gasteiger partial charge in [-0.1, -0.05) is 12.1 Å². The lowest BCUT2D eigenvalue weighted by molar-refractivity contribution is 0.100. The molecule has 22 heavy (non-hydrogen) atoms. The van der Waals surface area contributed by atoms with E-state index in [2.05, 4.69) is 21.9 Å². The summed E-state index contributed by atoms with van der Waals surface area (Å²) in [4.78, 5) is 15.2. The van der Waals surface area contributed by atoms with Crippen LogP contribution in [0.3, 0.4) is 0 Å². The summed E-state index contributed by atoms with van der Waals surface area (Å²) in [6.07, 6.45) is 4.46. The first-order valence-corrected chi connectivity index (χ1v) is 8.39. The summed E-state index contributed by atoms with van der Waals surface area (Å²) in [7, 11) is 1.76. The second kappa shape index (κ2) is 12.6. The summed E-state index contributed by atoms with van der Waals surface area (Å²) in [5.41, 5.74) is 6.81. The van der Waals surface area contributed by atoms with E-state index in [0.29, 0.717) is 12.1 Å². The van der Waals surface area contributed by atoms with Crippen molar-refractivity contribution in [3.63, 3.8) is 0 Å². The Morgan fingerprint density at radius 2 is 1.91 bits per heavy atom. The number of nitrogens with two attached hydrogens (primary N) is 1. The van der Waals surface area contributed by atoms with Crippen LogP contribution in [0.25, 0.3) is 0 Å². The number of aliphatic imine (C=N–C) groups is 1. The first kappa shape index (κ1) is 21.0. The molecule has 0 aliphatic rings. The summed E-state index contributed by atoms with van der Waals surface area (Å²) < 4.78 is 0. The number of nitrogens with zero attached hydrogens (tertiary/aromatic N) is 1. The number of benzene rings is 1. The van der Waals surface area contributed by atoms with Crippen molar-refractivity contribution in [3.05, 3.63) is 35.4 Å². The maximum absolute atomic E-state index is 11.0. The smallest absolute Gasteiger partial charge is 0.248 e. The van der Waals surface area contributed by atoms with Gasteiger partial charge in [0.2, 0.25) is 5.91 Å². The Kier molecular flexibility index (Phi) is 12.0. The minimum atomic E-state index is -0.405. The SMILES string of the molecule is CN=C(NCCCCSC)NCc1ccc(C(N)=O)cc1.I. The molecule has 4 N–H and O–H groups in total. The van der Waals surface area contributed by atoms with E-state index in [4.69, 9.17) is 5.73 Å². The van der Waals surface area contributed by atoms with Gasteiger partial charge in [-0.15, -0.1) is 24.0 Å². The Hall–Kier alpha value is -0.960. The zero-order valence-corrected chi connectivity index (χ0v) is 16.2. The normalized spacial score (nSPS) is 10.7. The van der Waals surface area contributed by atoms with Gasteiger partial charge in [-0.2, -0.15) is 11.8 Å². The standard InChI is InChI=1S/C15H24N4OS.HI/c1-17-15(18-9-3-4-10-21-2)19-11-12-5-7-13(8-6-12)14(16)20;/h5-8H,3-4,9-11H2,1-2H3,(H2,16,20)(H2,17,18,19);1H. The van der Waals surface area contributed by atoms with Crippen molar-refractivity contribution in [1.29, 1.82) is 0 Å². The van der Waals surface area contributed by atoms with Crippen LogP contribution in [0.4, 0.5) is 0 Å². The number of nitrogens with one attached hydrogen (secondary N) is 2. The fourth-order valence-corrected chi connectivity index (χ4v) is 2.26. The highest BCUT2D eigenvalue weighted by molar-refractivity contribution is 14.0. The number of halogens is 1. The molecule has 124 valence electrons. The zero-order chi connectivity index (χ0) is 15.5. The first-order valence-electron chi connectivity index (χ1n) is 6.99. The molecule has 0 unspecified atom stereocenters. The molecule has 0 aromatic heterocycles. The Balaban J connectivity index is 0.00000441. The zero-order valence-electron chi connectivity index (χ0n) is 13.1. The number of primary amides is 1. The third-order valence-electron chi connectivity index (χ3n) is 2.99. The molecule has 0 atom stereocenters. The number of hydrogen-bond acceptors (Lipinski definition) is 3. The third kappa shape index (κ3) is 8.47. The van der Waals surface area contributed by atoms with Crippen LogP contribution >= 0.6 is 35.7 Å². The van der Waals surface area contributed by atoms with Crippen molar-refractivity contribution in [2.24, 2.45) is 10.7 Å². The van der Waals surface area contributed by atoms with E-state index in [-0.39, 0.29) is 24.0 Å². The van der Waals surface area contributed by atoms with Crippen LogP contribution in [0.15, 0.2) is 29.3 Å². The van der Waals surface area contributed by atoms with Crippen LogP contribution in [-0.2, 0) is 6.54 Å². The van der Waals surface area contributed by atoms with Crippen molar-refractivity contribution in [2.45, 2.75) is 19.4 Å². The van der Waals surface area contributed by atoms with E-state index in [1.165, 1.54) is 12.2 Å². The number of amides is 1. The van der Waals surface area contributed by atoms with Crippen LogP contribution in [0, 0.1) is 0 Å². The monoisotopic (exact) mass is 436 g/mol. The van der Waals surface area contributed by atoms with Crippen LogP contribution in [0.5, 0.6) is 0 Å². The topological polar surface area (TPSA) is 79.5 Å². The predicted molar refractivity (Wildman–Crippen MR) is 106 cm³/mol. The Bertz CT molecular complexity index is 465. The molecule has 0 spiro atoms. The lowest BCUT2D eigenvalue weighted by Crippen LogP contribution is -2.37. The van der Waals surface area contributed by atoms with Gasteiger partial charge in [0, 0.05) is 25.7 Å². The molecular formula is C15H25IN4OS. The summed E-state index contributed by atoms with van der Waals surface area (Å²) in [5, 5.41) is 6.53. The average Bonchev–Trinajstić information content (AvgIpc) is 2.50. The lowest BCUT2D eigenvalue weighted by atomic mass is 10.1. The predicted octanol–water partition coefficient (Wildman–Crippen LogP) is 2.21. The fourth-order valence-electron chi connectivity index (χ4n) is 1.77. The van der Waals surface area contributed by atoms with Crippen molar-refractivity contribution in [2.75, 3.05) is 25.6 Å².